The highest BCUT2D eigenvalue weighted by Gasteiger charge is 2.37. The van der Waals surface area contributed by atoms with Crippen molar-refractivity contribution in [1.29, 1.82) is 0 Å². The predicted octanol–water partition coefficient (Wildman–Crippen LogP) is 2.39. The zero-order valence-electron chi connectivity index (χ0n) is 16.3. The highest BCUT2D eigenvalue weighted by molar-refractivity contribution is 5.76. The molecule has 5 rings (SSSR count). The van der Waals surface area contributed by atoms with Crippen molar-refractivity contribution >= 4 is 5.91 Å². The fourth-order valence-electron chi connectivity index (χ4n) is 4.54. The Morgan fingerprint density at radius 2 is 2.15 bits per heavy atom. The second-order valence-electron chi connectivity index (χ2n) is 8.04. The van der Waals surface area contributed by atoms with Crippen LogP contribution < -0.4 is 0 Å². The van der Waals surface area contributed by atoms with E-state index in [4.69, 9.17) is 4.52 Å². The average Bonchev–Trinajstić information content (AvgIpc) is 3.17. The van der Waals surface area contributed by atoms with Crippen LogP contribution in [0.15, 0.2) is 23.2 Å². The van der Waals surface area contributed by atoms with Crippen LogP contribution in [-0.2, 0) is 17.9 Å². The van der Waals surface area contributed by atoms with E-state index in [2.05, 4.69) is 19.9 Å². The second kappa shape index (κ2) is 7.84. The van der Waals surface area contributed by atoms with Crippen molar-refractivity contribution in [2.45, 2.75) is 58.7 Å². The van der Waals surface area contributed by atoms with Gasteiger partial charge in [-0.2, -0.15) is 0 Å². The minimum Gasteiger partial charge on any atom is -0.361 e. The molecule has 2 atom stereocenters. The highest BCUT2D eigenvalue weighted by Crippen LogP contribution is 2.30. The summed E-state index contributed by atoms with van der Waals surface area (Å²) in [6.07, 6.45) is 9.37. The molecule has 7 nitrogen and oxygen atoms in total. The van der Waals surface area contributed by atoms with Gasteiger partial charge in [0.1, 0.15) is 5.76 Å². The number of carbonyl (C=O) groups is 1. The number of hydrogen-bond acceptors (Lipinski definition) is 5. The molecule has 3 aliphatic heterocycles. The number of amides is 1. The largest absolute Gasteiger partial charge is 0.361 e. The van der Waals surface area contributed by atoms with Crippen LogP contribution in [0.25, 0.3) is 0 Å². The third kappa shape index (κ3) is 4.08. The molecule has 0 N–H and O–H groups in total. The molecule has 2 bridgehead atoms. The fraction of sp³-hybridized carbons (Fsp3) is 0.650. The van der Waals surface area contributed by atoms with Gasteiger partial charge in [0.25, 0.3) is 0 Å². The summed E-state index contributed by atoms with van der Waals surface area (Å²) in [4.78, 5) is 21.6. The van der Waals surface area contributed by atoms with Crippen LogP contribution in [-0.4, -0.2) is 56.1 Å². The summed E-state index contributed by atoms with van der Waals surface area (Å²) in [5, 5.41) is 4.08. The number of aromatic nitrogens is 3. The van der Waals surface area contributed by atoms with Gasteiger partial charge in [0.05, 0.1) is 12.0 Å². The van der Waals surface area contributed by atoms with E-state index in [1.54, 1.807) is 6.20 Å². The van der Waals surface area contributed by atoms with Gasteiger partial charge in [-0.25, -0.2) is 4.98 Å². The minimum absolute atomic E-state index is 0.309. The Balaban J connectivity index is 1.35. The molecule has 27 heavy (non-hydrogen) atoms. The van der Waals surface area contributed by atoms with Crippen LogP contribution in [0.5, 0.6) is 0 Å². The maximum Gasteiger partial charge on any atom is 0.222 e. The van der Waals surface area contributed by atoms with Crippen molar-refractivity contribution in [3.63, 3.8) is 0 Å². The SMILES string of the molecule is Cc1noc(C)c1CN1C[C@H]2CC[C@@H](C1)N(C(=O)CCCn1ccnc1)C2. The lowest BCUT2D eigenvalue weighted by Gasteiger charge is -2.36. The third-order valence-corrected chi connectivity index (χ3v) is 6.04. The first-order valence-corrected chi connectivity index (χ1v) is 9.99. The van der Waals surface area contributed by atoms with E-state index in [1.807, 2.05) is 30.9 Å². The fourth-order valence-corrected chi connectivity index (χ4v) is 4.54. The topological polar surface area (TPSA) is 67.4 Å². The van der Waals surface area contributed by atoms with Gasteiger partial charge in [-0.3, -0.25) is 9.69 Å². The van der Waals surface area contributed by atoms with Gasteiger partial charge < -0.3 is 14.0 Å². The van der Waals surface area contributed by atoms with Crippen molar-refractivity contribution in [1.82, 2.24) is 24.5 Å². The maximum atomic E-state index is 12.9. The molecule has 1 amide bonds. The molecule has 7 heteroatoms. The lowest BCUT2D eigenvalue weighted by Crippen LogP contribution is -2.47. The normalized spacial score (nSPS) is 23.0. The summed E-state index contributed by atoms with van der Waals surface area (Å²) in [6.45, 7) is 8.63. The Morgan fingerprint density at radius 3 is 2.89 bits per heavy atom. The first-order valence-electron chi connectivity index (χ1n) is 9.99. The molecule has 0 aliphatic carbocycles. The Hall–Kier alpha value is -2.15. The van der Waals surface area contributed by atoms with Gasteiger partial charge in [-0.15, -0.1) is 0 Å². The number of fused-ring (bicyclic) bond motifs is 4. The monoisotopic (exact) mass is 371 g/mol. The van der Waals surface area contributed by atoms with Crippen molar-refractivity contribution in [2.75, 3.05) is 19.6 Å². The molecular weight excluding hydrogens is 342 g/mol. The molecule has 146 valence electrons. The molecule has 0 saturated carbocycles. The molecular formula is C20H29N5O2. The van der Waals surface area contributed by atoms with Crippen LogP contribution in [0, 0.1) is 19.8 Å². The van der Waals surface area contributed by atoms with E-state index in [0.717, 1.165) is 57.0 Å². The Bertz CT molecular complexity index is 750. The zero-order valence-corrected chi connectivity index (χ0v) is 16.3. The number of piperidine rings is 1. The second-order valence-corrected chi connectivity index (χ2v) is 8.04. The van der Waals surface area contributed by atoms with Crippen LogP contribution in [0.2, 0.25) is 0 Å². The number of carbonyl (C=O) groups excluding carboxylic acids is 1. The third-order valence-electron chi connectivity index (χ3n) is 6.04. The van der Waals surface area contributed by atoms with Crippen molar-refractivity contribution in [3.05, 3.63) is 35.7 Å². The van der Waals surface area contributed by atoms with Crippen molar-refractivity contribution in [3.8, 4) is 0 Å². The van der Waals surface area contributed by atoms with Crippen LogP contribution in [0.3, 0.4) is 0 Å². The maximum absolute atomic E-state index is 12.9. The van der Waals surface area contributed by atoms with Gasteiger partial charge in [0.2, 0.25) is 5.91 Å². The summed E-state index contributed by atoms with van der Waals surface area (Å²) < 4.78 is 7.36. The lowest BCUT2D eigenvalue weighted by molar-refractivity contribution is -0.135. The summed E-state index contributed by atoms with van der Waals surface area (Å²) in [7, 11) is 0. The van der Waals surface area contributed by atoms with E-state index in [9.17, 15) is 4.79 Å². The van der Waals surface area contributed by atoms with E-state index >= 15 is 0 Å². The van der Waals surface area contributed by atoms with Crippen molar-refractivity contribution < 1.29 is 9.32 Å². The van der Waals surface area contributed by atoms with Crippen LogP contribution >= 0.6 is 0 Å². The molecule has 0 unspecified atom stereocenters. The van der Waals surface area contributed by atoms with Crippen molar-refractivity contribution in [2.24, 2.45) is 5.92 Å². The van der Waals surface area contributed by atoms with E-state index in [1.165, 1.54) is 12.0 Å². The van der Waals surface area contributed by atoms with E-state index < -0.39 is 0 Å². The first-order chi connectivity index (χ1) is 13.1. The standard InChI is InChI=1S/C20H29N5O2/c1-15-19(16(2)27-22-15)13-24-10-17-5-6-18(12-24)25(11-17)20(26)4-3-8-23-9-7-21-14-23/h7,9,14,17-18H,3-6,8,10-13H2,1-2H3/t17-,18+/m1/s1. The molecule has 0 aromatic carbocycles. The highest BCUT2D eigenvalue weighted by atomic mass is 16.5. The number of nitrogens with zero attached hydrogens (tertiary/aromatic N) is 5. The Kier molecular flexibility index (Phi) is 5.29. The average molecular weight is 371 g/mol. The molecule has 0 radical (unpaired) electrons. The molecule has 5 heterocycles. The van der Waals surface area contributed by atoms with Crippen LogP contribution in [0.4, 0.5) is 0 Å². The molecule has 3 fully saturated rings. The van der Waals surface area contributed by atoms with E-state index in [0.29, 0.717) is 24.3 Å². The number of rotatable bonds is 6. The quantitative estimate of drug-likeness (QED) is 0.780. The molecule has 2 aromatic heterocycles. The first kappa shape index (κ1) is 18.2. The summed E-state index contributed by atoms with van der Waals surface area (Å²) in [5.41, 5.74) is 2.19. The number of hydrogen-bond donors (Lipinski definition) is 0. The smallest absolute Gasteiger partial charge is 0.222 e. The van der Waals surface area contributed by atoms with Gasteiger partial charge >= 0.3 is 0 Å². The number of aryl methyl sites for hydroxylation is 3. The van der Waals surface area contributed by atoms with Crippen LogP contribution in [0.1, 0.15) is 42.7 Å². The number of imidazole rings is 1. The summed E-state index contributed by atoms with van der Waals surface area (Å²) >= 11 is 0. The van der Waals surface area contributed by atoms with Gasteiger partial charge in [0.15, 0.2) is 0 Å². The molecule has 2 aromatic rings. The predicted molar refractivity (Wildman–Crippen MR) is 101 cm³/mol. The van der Waals surface area contributed by atoms with E-state index in [-0.39, 0.29) is 0 Å². The van der Waals surface area contributed by atoms with Gasteiger partial charge in [0, 0.05) is 63.1 Å². The minimum atomic E-state index is 0.309. The van der Waals surface area contributed by atoms with Gasteiger partial charge in [-0.05, 0) is 39.0 Å². The molecule has 3 aliphatic rings. The lowest BCUT2D eigenvalue weighted by atomic mass is 9.94. The summed E-state index contributed by atoms with van der Waals surface area (Å²) in [5.74, 6) is 1.79. The molecule has 0 spiro atoms. The summed E-state index contributed by atoms with van der Waals surface area (Å²) in [6, 6.07) is 0.338. The Morgan fingerprint density at radius 1 is 1.26 bits per heavy atom. The molecule has 3 saturated heterocycles. The zero-order chi connectivity index (χ0) is 18.8. The Labute approximate surface area is 160 Å². The van der Waals surface area contributed by atoms with Gasteiger partial charge in [-0.1, -0.05) is 5.16 Å².